The van der Waals surface area contributed by atoms with E-state index in [2.05, 4.69) is 53.8 Å². The lowest BCUT2D eigenvalue weighted by molar-refractivity contribution is 0.159. The minimum absolute atomic E-state index is 0.0781. The Morgan fingerprint density at radius 3 is 2.24 bits per heavy atom. The summed E-state index contributed by atoms with van der Waals surface area (Å²) >= 11 is 0. The first-order valence-corrected chi connectivity index (χ1v) is 15.5. The predicted molar refractivity (Wildman–Crippen MR) is 132 cm³/mol. The third-order valence-corrected chi connectivity index (χ3v) is 8.97. The first kappa shape index (κ1) is 31.5. The van der Waals surface area contributed by atoms with Gasteiger partial charge in [0.05, 0.1) is 19.0 Å². The molecule has 7 N–H and O–H groups in total. The number of aromatic nitrogens is 4. The van der Waals surface area contributed by atoms with E-state index >= 15 is 0 Å². The Hall–Kier alpha value is -1.74. The van der Waals surface area contributed by atoms with E-state index in [1.165, 1.54) is 26.0 Å². The highest BCUT2D eigenvalue weighted by molar-refractivity contribution is 7.66. The van der Waals surface area contributed by atoms with Gasteiger partial charge in [-0.25, -0.2) is 18.7 Å². The van der Waals surface area contributed by atoms with Crippen LogP contribution in [0.1, 0.15) is 33.2 Å². The number of nitrogens with one attached hydrogen (secondary N) is 1. The molecule has 2 aromatic heterocycles. The fraction of sp³-hybridized carbons (Fsp3) is 0.588. The van der Waals surface area contributed by atoms with Gasteiger partial charge in [-0.1, -0.05) is 32.9 Å². The molecule has 4 atom stereocenters. The van der Waals surface area contributed by atoms with Crippen molar-refractivity contribution < 1.29 is 46.4 Å². The number of anilines is 1. The second-order valence-electron chi connectivity index (χ2n) is 7.73. The van der Waals surface area contributed by atoms with Gasteiger partial charge in [0.25, 0.3) is 5.56 Å². The van der Waals surface area contributed by atoms with Crippen molar-refractivity contribution in [1.29, 1.82) is 0 Å². The Morgan fingerprint density at radius 2 is 1.70 bits per heavy atom. The van der Waals surface area contributed by atoms with E-state index in [0.29, 0.717) is 6.42 Å². The van der Waals surface area contributed by atoms with Gasteiger partial charge in [-0.05, 0) is 26.1 Å². The highest BCUT2D eigenvalue weighted by Gasteiger charge is 2.41. The van der Waals surface area contributed by atoms with Crippen LogP contribution in [0, 0.1) is 5.92 Å². The zero-order chi connectivity index (χ0) is 28.0. The lowest BCUT2D eigenvalue weighted by Gasteiger charge is -2.18. The lowest BCUT2D eigenvalue weighted by atomic mass is 10.1. The number of nitrogens with two attached hydrogens (primary N) is 1. The van der Waals surface area contributed by atoms with Crippen LogP contribution in [0.2, 0.25) is 0 Å². The highest BCUT2D eigenvalue weighted by Crippen LogP contribution is 2.66. The van der Waals surface area contributed by atoms with E-state index in [9.17, 15) is 23.4 Å². The van der Waals surface area contributed by atoms with Crippen molar-refractivity contribution in [3.05, 3.63) is 28.8 Å². The Kier molecular flexibility index (Phi) is 11.0. The van der Waals surface area contributed by atoms with Crippen LogP contribution in [0.15, 0.2) is 23.3 Å². The molecule has 210 valence electrons. The number of fused-ring (bicyclic) bond motifs is 1. The van der Waals surface area contributed by atoms with Gasteiger partial charge in [-0.3, -0.25) is 14.3 Å². The molecule has 1 aliphatic rings. The van der Waals surface area contributed by atoms with Crippen LogP contribution < -0.4 is 11.3 Å². The van der Waals surface area contributed by atoms with Gasteiger partial charge in [-0.15, -0.1) is 0 Å². The number of hydrogen-bond donors (Lipinski definition) is 6. The minimum Gasteiger partial charge on any atom is -0.369 e. The van der Waals surface area contributed by atoms with Crippen molar-refractivity contribution in [1.82, 2.24) is 24.4 Å². The van der Waals surface area contributed by atoms with Crippen LogP contribution in [0.3, 0.4) is 0 Å². The molecule has 0 radical (unpaired) electrons. The Morgan fingerprint density at radius 1 is 1.08 bits per heavy atom. The maximum Gasteiger partial charge on any atom is 0.490 e. The number of nitrogen functional groups attached to an aromatic ring is 1. The summed E-state index contributed by atoms with van der Waals surface area (Å²) in [4.78, 5) is 60.2. The third-order valence-electron chi connectivity index (χ3n) is 5.17. The first-order valence-electron chi connectivity index (χ1n) is 11.0. The Balaban J connectivity index is 0.000000604. The van der Waals surface area contributed by atoms with Crippen molar-refractivity contribution in [2.24, 2.45) is 5.92 Å². The van der Waals surface area contributed by atoms with E-state index in [1.807, 2.05) is 0 Å². The summed E-state index contributed by atoms with van der Waals surface area (Å²) in [7, 11) is -16.2. The Bertz CT molecular complexity index is 1280. The molecule has 20 heteroatoms. The van der Waals surface area contributed by atoms with Crippen molar-refractivity contribution >= 4 is 40.6 Å². The summed E-state index contributed by atoms with van der Waals surface area (Å²) in [5.41, 5.74) is 5.34. The molecule has 0 saturated carbocycles. The van der Waals surface area contributed by atoms with Crippen molar-refractivity contribution in [3.8, 4) is 0 Å². The topological polar surface area (TPSA) is 253 Å². The van der Waals surface area contributed by atoms with E-state index in [-0.39, 0.29) is 23.2 Å². The van der Waals surface area contributed by atoms with Crippen LogP contribution in [-0.2, 0) is 26.8 Å². The number of imidazole rings is 1. The fourth-order valence-electron chi connectivity index (χ4n) is 3.43. The predicted octanol–water partition coefficient (Wildman–Crippen LogP) is 1.51. The smallest absolute Gasteiger partial charge is 0.369 e. The zero-order valence-electron chi connectivity index (χ0n) is 20.3. The van der Waals surface area contributed by atoms with Crippen LogP contribution in [0.4, 0.5) is 5.95 Å². The monoisotopic (exact) mass is 588 g/mol. The van der Waals surface area contributed by atoms with Crippen LogP contribution >= 0.6 is 23.5 Å². The van der Waals surface area contributed by atoms with Gasteiger partial charge in [-0.2, -0.15) is 13.6 Å². The zero-order valence-corrected chi connectivity index (χ0v) is 23.0. The maximum atomic E-state index is 11.8. The van der Waals surface area contributed by atoms with E-state index in [0.717, 1.165) is 0 Å². The number of allylic oxidation sites excluding steroid dienone is 1. The SMILES string of the molecule is CCN(CC)CC.Nc1nc2c(ncn2[C@H]2C=C[C@@H](COP(=O)(O)OP(=O)(O)OP(=O)(O)O)C2)c(=O)[nH]1. The average Bonchev–Trinajstić information content (AvgIpc) is 3.38. The quantitative estimate of drug-likeness (QED) is 0.161. The number of nitrogens with zero attached hydrogens (tertiary/aromatic N) is 4. The normalized spacial score (nSPS) is 21.0. The molecule has 1 aliphatic carbocycles. The van der Waals surface area contributed by atoms with Gasteiger partial charge in [0.1, 0.15) is 0 Å². The van der Waals surface area contributed by atoms with Crippen LogP contribution in [0.5, 0.6) is 0 Å². The second-order valence-corrected chi connectivity index (χ2v) is 12.1. The number of hydrogen-bond acceptors (Lipinski definition) is 11. The van der Waals surface area contributed by atoms with E-state index < -0.39 is 41.6 Å². The van der Waals surface area contributed by atoms with Gasteiger partial charge >= 0.3 is 23.5 Å². The fourth-order valence-corrected chi connectivity index (χ4v) is 6.51. The third kappa shape index (κ3) is 9.82. The van der Waals surface area contributed by atoms with Crippen molar-refractivity contribution in [3.63, 3.8) is 0 Å². The molecular formula is C17H31N6O11P3. The standard InChI is InChI=1S/C11H16N5O11P3.C6H15N/c12-11-14-9-8(10(17)15-11)13-5-16(9)7-2-1-6(3-7)4-25-29(21,22)27-30(23,24)26-28(18,19)20;1-4-7(5-2)6-3/h1-2,5-7H,3-4H2,(H,21,22)(H,23,24)(H2,18,19,20)(H3,12,14,15,17);4-6H2,1-3H3/t6-,7+;/m1./s1. The number of H-pyrrole nitrogens is 1. The molecule has 0 fully saturated rings. The van der Waals surface area contributed by atoms with Gasteiger partial charge in [0, 0.05) is 5.92 Å². The Labute approximate surface area is 211 Å². The molecule has 2 heterocycles. The molecular weight excluding hydrogens is 557 g/mol. The molecule has 37 heavy (non-hydrogen) atoms. The molecule has 0 saturated heterocycles. The number of phosphoric acid groups is 3. The molecule has 0 bridgehead atoms. The number of phosphoric ester groups is 1. The van der Waals surface area contributed by atoms with Crippen molar-refractivity contribution in [2.75, 3.05) is 32.0 Å². The summed E-state index contributed by atoms with van der Waals surface area (Å²) in [5, 5.41) is 0. The van der Waals surface area contributed by atoms with Crippen LogP contribution in [0.25, 0.3) is 11.2 Å². The largest absolute Gasteiger partial charge is 0.490 e. The summed E-state index contributed by atoms with van der Waals surface area (Å²) in [6.07, 6.45) is 5.02. The summed E-state index contributed by atoms with van der Waals surface area (Å²) < 4.78 is 47.2. The lowest BCUT2D eigenvalue weighted by Crippen LogP contribution is -2.21. The first-order chi connectivity index (χ1) is 17.1. The second kappa shape index (κ2) is 12.9. The molecule has 0 amide bonds. The summed E-state index contributed by atoms with van der Waals surface area (Å²) in [6, 6.07) is -0.349. The van der Waals surface area contributed by atoms with Crippen molar-refractivity contribution in [2.45, 2.75) is 33.2 Å². The molecule has 0 aromatic carbocycles. The average molecular weight is 588 g/mol. The molecule has 0 spiro atoms. The maximum absolute atomic E-state index is 11.8. The molecule has 2 aromatic rings. The van der Waals surface area contributed by atoms with Crippen LogP contribution in [-0.4, -0.2) is 70.2 Å². The van der Waals surface area contributed by atoms with Gasteiger partial charge in [0.2, 0.25) is 5.95 Å². The van der Waals surface area contributed by atoms with E-state index in [4.69, 9.17) is 20.4 Å². The highest BCUT2D eigenvalue weighted by atomic mass is 31.3. The summed E-state index contributed by atoms with van der Waals surface area (Å²) in [6.45, 7) is 9.68. The molecule has 2 unspecified atom stereocenters. The van der Waals surface area contributed by atoms with E-state index in [1.54, 1.807) is 16.7 Å². The molecule has 3 rings (SSSR count). The minimum atomic E-state index is -5.57. The molecule has 17 nitrogen and oxygen atoms in total. The number of rotatable bonds is 11. The molecule has 0 aliphatic heterocycles. The van der Waals surface area contributed by atoms with Gasteiger partial charge < -0.3 is 34.8 Å². The van der Waals surface area contributed by atoms with Gasteiger partial charge in [0.15, 0.2) is 11.2 Å². The number of aromatic amines is 1. The summed E-state index contributed by atoms with van der Waals surface area (Å²) in [5.74, 6) is -0.558.